The molecule has 0 amide bonds. The van der Waals surface area contributed by atoms with Crippen LogP contribution in [0.3, 0.4) is 0 Å². The van der Waals surface area contributed by atoms with E-state index < -0.39 is 0 Å². The topological polar surface area (TPSA) is 20.2 Å². The third kappa shape index (κ3) is 1.71. The quantitative estimate of drug-likeness (QED) is 0.578. The summed E-state index contributed by atoms with van der Waals surface area (Å²) >= 11 is 0. The van der Waals surface area contributed by atoms with Crippen molar-refractivity contribution in [2.75, 3.05) is 0 Å². The summed E-state index contributed by atoms with van der Waals surface area (Å²) in [5.74, 6) is 0.325. The maximum Gasteiger partial charge on any atom is 0.0780 e. The molecule has 0 aromatic rings. The number of aliphatic hydroxyl groups excluding tert-OH is 1. The zero-order valence-corrected chi connectivity index (χ0v) is 6.16. The minimum Gasteiger partial charge on any atom is -0.388 e. The van der Waals surface area contributed by atoms with Crippen LogP contribution in [-0.4, -0.2) is 11.2 Å². The van der Waals surface area contributed by atoms with Crippen molar-refractivity contribution in [2.24, 2.45) is 5.92 Å². The molecule has 0 bridgehead atoms. The lowest BCUT2D eigenvalue weighted by Crippen LogP contribution is -2.16. The van der Waals surface area contributed by atoms with Gasteiger partial charge in [0, 0.05) is 5.92 Å². The van der Waals surface area contributed by atoms with Crippen LogP contribution in [-0.2, 0) is 0 Å². The van der Waals surface area contributed by atoms with Gasteiger partial charge in [-0.3, -0.25) is 0 Å². The second kappa shape index (κ2) is 3.57. The van der Waals surface area contributed by atoms with Crippen molar-refractivity contribution >= 4 is 0 Å². The van der Waals surface area contributed by atoms with Crippen LogP contribution < -0.4 is 0 Å². The number of aliphatic hydroxyl groups is 1. The van der Waals surface area contributed by atoms with Gasteiger partial charge in [0.15, 0.2) is 0 Å². The lowest BCUT2D eigenvalue weighted by Gasteiger charge is -2.18. The maximum atomic E-state index is 9.31. The monoisotopic (exact) mass is 138 g/mol. The molecule has 1 aliphatic carbocycles. The molecule has 10 heavy (non-hydrogen) atoms. The van der Waals surface area contributed by atoms with Crippen LogP contribution in [0.2, 0.25) is 0 Å². The van der Waals surface area contributed by atoms with E-state index in [2.05, 4.69) is 18.7 Å². The first kappa shape index (κ1) is 7.55. The van der Waals surface area contributed by atoms with Crippen molar-refractivity contribution in [1.82, 2.24) is 0 Å². The molecular formula is C9H14O. The van der Waals surface area contributed by atoms with Crippen molar-refractivity contribution < 1.29 is 5.11 Å². The average molecular weight is 138 g/mol. The van der Waals surface area contributed by atoms with Gasteiger partial charge in [0.25, 0.3) is 0 Å². The summed E-state index contributed by atoms with van der Waals surface area (Å²) in [6.07, 6.45) is 8.98. The highest BCUT2D eigenvalue weighted by Crippen LogP contribution is 2.20. The third-order valence-electron chi connectivity index (χ3n) is 1.97. The summed E-state index contributed by atoms with van der Waals surface area (Å²) in [5.41, 5.74) is 0. The van der Waals surface area contributed by atoms with Crippen LogP contribution in [0.25, 0.3) is 0 Å². The molecule has 1 nitrogen and oxygen atoms in total. The van der Waals surface area contributed by atoms with E-state index >= 15 is 0 Å². The van der Waals surface area contributed by atoms with Crippen LogP contribution in [0.5, 0.6) is 0 Å². The highest BCUT2D eigenvalue weighted by Gasteiger charge is 2.14. The Morgan fingerprint density at radius 3 is 3.00 bits per heavy atom. The van der Waals surface area contributed by atoms with E-state index in [4.69, 9.17) is 0 Å². The van der Waals surface area contributed by atoms with Gasteiger partial charge < -0.3 is 5.11 Å². The molecule has 0 heterocycles. The van der Waals surface area contributed by atoms with Crippen LogP contribution in [0.15, 0.2) is 24.8 Å². The smallest absolute Gasteiger partial charge is 0.0780 e. The molecular weight excluding hydrogens is 124 g/mol. The van der Waals surface area contributed by atoms with Gasteiger partial charge in [-0.2, -0.15) is 0 Å². The SMILES string of the molecule is C=C[C@@H](O)[C@@H]1C=CCCC1. The molecule has 1 heteroatoms. The average Bonchev–Trinajstić information content (AvgIpc) is 2.05. The summed E-state index contributed by atoms with van der Waals surface area (Å²) < 4.78 is 0. The number of hydrogen-bond donors (Lipinski definition) is 1. The van der Waals surface area contributed by atoms with Crippen LogP contribution in [0, 0.1) is 5.92 Å². The summed E-state index contributed by atoms with van der Waals surface area (Å²) in [4.78, 5) is 0. The Balaban J connectivity index is 2.46. The lowest BCUT2D eigenvalue weighted by molar-refractivity contribution is 0.168. The second-order valence-corrected chi connectivity index (χ2v) is 2.75. The molecule has 1 rings (SSSR count). The van der Waals surface area contributed by atoms with E-state index in [1.165, 1.54) is 12.8 Å². The van der Waals surface area contributed by atoms with Gasteiger partial charge in [-0.05, 0) is 19.3 Å². The minimum atomic E-state index is -0.337. The molecule has 0 spiro atoms. The van der Waals surface area contributed by atoms with Gasteiger partial charge in [0.05, 0.1) is 6.10 Å². The molecule has 0 saturated carbocycles. The van der Waals surface area contributed by atoms with E-state index in [-0.39, 0.29) is 6.10 Å². The second-order valence-electron chi connectivity index (χ2n) is 2.75. The summed E-state index contributed by atoms with van der Waals surface area (Å²) in [7, 11) is 0. The highest BCUT2D eigenvalue weighted by molar-refractivity contribution is 5.00. The lowest BCUT2D eigenvalue weighted by atomic mass is 9.91. The maximum absolute atomic E-state index is 9.31. The molecule has 0 aliphatic heterocycles. The Labute approximate surface area is 62.1 Å². The number of allylic oxidation sites excluding steroid dienone is 1. The van der Waals surface area contributed by atoms with Crippen molar-refractivity contribution in [1.29, 1.82) is 0 Å². The van der Waals surface area contributed by atoms with E-state index in [1.807, 2.05) is 0 Å². The van der Waals surface area contributed by atoms with Crippen LogP contribution in [0.4, 0.5) is 0 Å². The predicted octanol–water partition coefficient (Wildman–Crippen LogP) is 1.89. The van der Waals surface area contributed by atoms with Gasteiger partial charge in [-0.25, -0.2) is 0 Å². The van der Waals surface area contributed by atoms with Gasteiger partial charge in [0.2, 0.25) is 0 Å². The Bertz CT molecular complexity index is 138. The van der Waals surface area contributed by atoms with E-state index in [1.54, 1.807) is 6.08 Å². The van der Waals surface area contributed by atoms with Crippen molar-refractivity contribution in [2.45, 2.75) is 25.4 Å². The molecule has 2 atom stereocenters. The van der Waals surface area contributed by atoms with E-state index in [0.29, 0.717) is 5.92 Å². The van der Waals surface area contributed by atoms with Crippen molar-refractivity contribution in [3.8, 4) is 0 Å². The summed E-state index contributed by atoms with van der Waals surface area (Å²) in [6.45, 7) is 3.55. The normalized spacial score (nSPS) is 27.9. The summed E-state index contributed by atoms with van der Waals surface area (Å²) in [6, 6.07) is 0. The fraction of sp³-hybridized carbons (Fsp3) is 0.556. The Morgan fingerprint density at radius 2 is 2.50 bits per heavy atom. The van der Waals surface area contributed by atoms with Crippen LogP contribution in [0.1, 0.15) is 19.3 Å². The minimum absolute atomic E-state index is 0.325. The molecule has 0 saturated heterocycles. The van der Waals surface area contributed by atoms with Crippen LogP contribution >= 0.6 is 0 Å². The molecule has 0 aromatic carbocycles. The van der Waals surface area contributed by atoms with Gasteiger partial charge in [-0.1, -0.05) is 18.2 Å². The zero-order valence-electron chi connectivity index (χ0n) is 6.16. The fourth-order valence-electron chi connectivity index (χ4n) is 1.30. The Kier molecular flexibility index (Phi) is 2.69. The molecule has 56 valence electrons. The Hall–Kier alpha value is -0.560. The fourth-order valence-corrected chi connectivity index (χ4v) is 1.30. The first-order valence-electron chi connectivity index (χ1n) is 3.82. The first-order chi connectivity index (χ1) is 4.84. The largest absolute Gasteiger partial charge is 0.388 e. The van der Waals surface area contributed by atoms with Gasteiger partial charge in [0.1, 0.15) is 0 Å². The molecule has 0 aromatic heterocycles. The number of hydrogen-bond acceptors (Lipinski definition) is 1. The molecule has 0 unspecified atom stereocenters. The standard InChI is InChI=1S/C9H14O/c1-2-9(10)8-6-4-3-5-7-8/h2,4,6,8-10H,1,3,5,7H2/t8-,9-/m1/s1. The van der Waals surface area contributed by atoms with E-state index in [9.17, 15) is 5.11 Å². The highest BCUT2D eigenvalue weighted by atomic mass is 16.3. The molecule has 0 fully saturated rings. The predicted molar refractivity (Wildman–Crippen MR) is 42.7 cm³/mol. The van der Waals surface area contributed by atoms with Crippen molar-refractivity contribution in [3.63, 3.8) is 0 Å². The van der Waals surface area contributed by atoms with Gasteiger partial charge >= 0.3 is 0 Å². The van der Waals surface area contributed by atoms with Gasteiger partial charge in [-0.15, -0.1) is 6.58 Å². The molecule has 1 aliphatic rings. The zero-order chi connectivity index (χ0) is 7.40. The molecule has 0 radical (unpaired) electrons. The first-order valence-corrected chi connectivity index (χ1v) is 3.82. The number of rotatable bonds is 2. The van der Waals surface area contributed by atoms with E-state index in [0.717, 1.165) is 6.42 Å². The third-order valence-corrected chi connectivity index (χ3v) is 1.97. The van der Waals surface area contributed by atoms with Crippen molar-refractivity contribution in [3.05, 3.63) is 24.8 Å². The summed E-state index contributed by atoms with van der Waals surface area (Å²) in [5, 5.41) is 9.31. The Morgan fingerprint density at radius 1 is 1.70 bits per heavy atom. The molecule has 1 N–H and O–H groups in total.